The number of ether oxygens (including phenoxy) is 1. The molecule has 0 bridgehead atoms. The highest BCUT2D eigenvalue weighted by Gasteiger charge is 2.29. The predicted octanol–water partition coefficient (Wildman–Crippen LogP) is 0.448. The summed E-state index contributed by atoms with van der Waals surface area (Å²) in [5.74, 6) is -0.730. The summed E-state index contributed by atoms with van der Waals surface area (Å²) in [4.78, 5) is 38.6. The van der Waals surface area contributed by atoms with E-state index < -0.39 is 12.0 Å². The van der Waals surface area contributed by atoms with Crippen LogP contribution < -0.4 is 5.32 Å². The number of rotatable bonds is 4. The van der Waals surface area contributed by atoms with Gasteiger partial charge in [-0.25, -0.2) is 9.59 Å². The van der Waals surface area contributed by atoms with E-state index in [1.54, 1.807) is 32.8 Å². The molecule has 1 unspecified atom stereocenters. The zero-order valence-corrected chi connectivity index (χ0v) is 13.2. The van der Waals surface area contributed by atoms with Crippen molar-refractivity contribution in [2.24, 2.45) is 5.92 Å². The lowest BCUT2D eigenvalue weighted by atomic mass is 9.96. The van der Waals surface area contributed by atoms with Gasteiger partial charge in [0.25, 0.3) is 0 Å². The van der Waals surface area contributed by atoms with Crippen molar-refractivity contribution in [2.75, 3.05) is 33.8 Å². The van der Waals surface area contributed by atoms with Gasteiger partial charge in [0.2, 0.25) is 5.91 Å². The smallest absolute Gasteiger partial charge is 0.328 e. The maximum absolute atomic E-state index is 12.1. The fraction of sp³-hybridized carbons (Fsp3) is 0.786. The van der Waals surface area contributed by atoms with Crippen LogP contribution in [0.5, 0.6) is 0 Å². The zero-order valence-electron chi connectivity index (χ0n) is 13.2. The number of amides is 3. The van der Waals surface area contributed by atoms with E-state index in [4.69, 9.17) is 4.74 Å². The van der Waals surface area contributed by atoms with Gasteiger partial charge in [-0.1, -0.05) is 0 Å². The van der Waals surface area contributed by atoms with Gasteiger partial charge in [0.05, 0.1) is 6.61 Å². The van der Waals surface area contributed by atoms with Crippen molar-refractivity contribution in [1.82, 2.24) is 15.1 Å². The first-order chi connectivity index (χ1) is 9.86. The highest BCUT2D eigenvalue weighted by Crippen LogP contribution is 2.18. The van der Waals surface area contributed by atoms with Crippen LogP contribution in [0.4, 0.5) is 4.79 Å². The number of nitrogens with zero attached hydrogens (tertiary/aromatic N) is 2. The molecule has 1 aliphatic rings. The predicted molar refractivity (Wildman–Crippen MR) is 77.6 cm³/mol. The minimum Gasteiger partial charge on any atom is -0.464 e. The third-order valence-corrected chi connectivity index (χ3v) is 3.52. The van der Waals surface area contributed by atoms with E-state index in [9.17, 15) is 14.4 Å². The zero-order chi connectivity index (χ0) is 16.0. The summed E-state index contributed by atoms with van der Waals surface area (Å²) in [5, 5.41) is 2.67. The fourth-order valence-electron chi connectivity index (χ4n) is 2.27. The fourth-order valence-corrected chi connectivity index (χ4v) is 2.27. The molecular weight excluding hydrogens is 274 g/mol. The van der Waals surface area contributed by atoms with Crippen LogP contribution in [0, 0.1) is 5.92 Å². The van der Waals surface area contributed by atoms with Crippen molar-refractivity contribution in [1.29, 1.82) is 0 Å². The molecule has 7 heteroatoms. The van der Waals surface area contributed by atoms with Gasteiger partial charge in [-0.05, 0) is 26.7 Å². The minimum absolute atomic E-state index is 0.0336. The van der Waals surface area contributed by atoms with E-state index in [2.05, 4.69) is 5.32 Å². The van der Waals surface area contributed by atoms with Gasteiger partial charge in [0, 0.05) is 33.1 Å². The van der Waals surface area contributed by atoms with Crippen molar-refractivity contribution in [2.45, 2.75) is 32.7 Å². The first kappa shape index (κ1) is 17.3. The third-order valence-electron chi connectivity index (χ3n) is 3.52. The molecule has 0 aromatic heterocycles. The lowest BCUT2D eigenvalue weighted by Crippen LogP contribution is -2.48. The van der Waals surface area contributed by atoms with E-state index >= 15 is 0 Å². The second-order valence-corrected chi connectivity index (χ2v) is 5.42. The summed E-state index contributed by atoms with van der Waals surface area (Å²) >= 11 is 0. The summed E-state index contributed by atoms with van der Waals surface area (Å²) in [5.41, 5.74) is 0. The topological polar surface area (TPSA) is 79.0 Å². The molecule has 0 aromatic carbocycles. The van der Waals surface area contributed by atoms with Crippen molar-refractivity contribution in [3.63, 3.8) is 0 Å². The number of piperidine rings is 1. The number of likely N-dealkylation sites (tertiary alicyclic amines) is 1. The number of carbonyl (C=O) groups excluding carboxylic acids is 3. The Labute approximate surface area is 125 Å². The van der Waals surface area contributed by atoms with E-state index in [1.165, 1.54) is 4.90 Å². The molecule has 3 amide bonds. The van der Waals surface area contributed by atoms with E-state index in [0.717, 1.165) is 0 Å². The molecule has 1 aliphatic heterocycles. The normalized spacial score (nSPS) is 17.0. The molecule has 1 atom stereocenters. The molecular formula is C14H25N3O4. The number of nitrogens with one attached hydrogen (secondary N) is 1. The van der Waals surface area contributed by atoms with Crippen LogP contribution in [0.1, 0.15) is 26.7 Å². The van der Waals surface area contributed by atoms with Crippen LogP contribution in [0.3, 0.4) is 0 Å². The van der Waals surface area contributed by atoms with Crippen LogP contribution in [-0.2, 0) is 14.3 Å². The van der Waals surface area contributed by atoms with Crippen LogP contribution >= 0.6 is 0 Å². The number of hydrogen-bond acceptors (Lipinski definition) is 4. The number of carbonyl (C=O) groups is 3. The Hall–Kier alpha value is -1.79. The lowest BCUT2D eigenvalue weighted by Gasteiger charge is -2.33. The molecule has 1 heterocycles. The van der Waals surface area contributed by atoms with Gasteiger partial charge in [0.15, 0.2) is 0 Å². The van der Waals surface area contributed by atoms with E-state index in [0.29, 0.717) is 32.5 Å². The van der Waals surface area contributed by atoms with Crippen LogP contribution in [-0.4, -0.2) is 67.5 Å². The first-order valence-electron chi connectivity index (χ1n) is 7.30. The maximum Gasteiger partial charge on any atom is 0.328 e. The lowest BCUT2D eigenvalue weighted by molar-refractivity contribution is -0.147. The Morgan fingerprint density at radius 2 is 1.86 bits per heavy atom. The Balaban J connectivity index is 2.42. The molecule has 0 radical (unpaired) electrons. The molecule has 0 aliphatic carbocycles. The Kier molecular flexibility index (Phi) is 6.45. The van der Waals surface area contributed by atoms with Crippen LogP contribution in [0.2, 0.25) is 0 Å². The van der Waals surface area contributed by atoms with Crippen molar-refractivity contribution in [3.05, 3.63) is 0 Å². The van der Waals surface area contributed by atoms with Gasteiger partial charge in [-0.15, -0.1) is 0 Å². The van der Waals surface area contributed by atoms with Crippen molar-refractivity contribution < 1.29 is 19.1 Å². The Bertz CT molecular complexity index is 390. The Morgan fingerprint density at radius 1 is 1.29 bits per heavy atom. The number of urea groups is 1. The van der Waals surface area contributed by atoms with Gasteiger partial charge in [-0.3, -0.25) is 4.79 Å². The van der Waals surface area contributed by atoms with Crippen LogP contribution in [0.25, 0.3) is 0 Å². The summed E-state index contributed by atoms with van der Waals surface area (Å²) in [6.45, 7) is 4.75. The summed E-state index contributed by atoms with van der Waals surface area (Å²) < 4.78 is 4.85. The monoisotopic (exact) mass is 299 g/mol. The first-order valence-corrected chi connectivity index (χ1v) is 7.30. The highest BCUT2D eigenvalue weighted by atomic mass is 16.5. The molecule has 0 saturated carbocycles. The van der Waals surface area contributed by atoms with E-state index in [-0.39, 0.29) is 17.9 Å². The maximum atomic E-state index is 12.1. The second-order valence-electron chi connectivity index (χ2n) is 5.42. The molecule has 1 saturated heterocycles. The standard InChI is InChI=1S/C14H25N3O4/c1-5-21-13(19)10(2)15-12(18)11-6-8-17(9-7-11)14(20)16(3)4/h10-11H,5-9H2,1-4H3,(H,15,18). The number of esters is 1. The summed E-state index contributed by atoms with van der Waals surface area (Å²) in [7, 11) is 3.42. The molecule has 1 rings (SSSR count). The number of hydrogen-bond donors (Lipinski definition) is 1. The molecule has 1 N–H and O–H groups in total. The van der Waals surface area contributed by atoms with E-state index in [1.807, 2.05) is 0 Å². The van der Waals surface area contributed by atoms with Gasteiger partial charge < -0.3 is 19.9 Å². The third kappa shape index (κ3) is 4.91. The Morgan fingerprint density at radius 3 is 2.33 bits per heavy atom. The van der Waals surface area contributed by atoms with Crippen molar-refractivity contribution in [3.8, 4) is 0 Å². The molecule has 1 fully saturated rings. The molecule has 0 aromatic rings. The average Bonchev–Trinajstić information content (AvgIpc) is 2.46. The second kappa shape index (κ2) is 7.85. The molecule has 21 heavy (non-hydrogen) atoms. The molecule has 0 spiro atoms. The highest BCUT2D eigenvalue weighted by molar-refractivity contribution is 5.85. The minimum atomic E-state index is -0.640. The largest absolute Gasteiger partial charge is 0.464 e. The molecule has 7 nitrogen and oxygen atoms in total. The van der Waals surface area contributed by atoms with Gasteiger partial charge in [-0.2, -0.15) is 0 Å². The van der Waals surface area contributed by atoms with Crippen LogP contribution in [0.15, 0.2) is 0 Å². The van der Waals surface area contributed by atoms with Gasteiger partial charge in [0.1, 0.15) is 6.04 Å². The average molecular weight is 299 g/mol. The van der Waals surface area contributed by atoms with Crippen molar-refractivity contribution >= 4 is 17.9 Å². The van der Waals surface area contributed by atoms with Gasteiger partial charge >= 0.3 is 12.0 Å². The summed E-state index contributed by atoms with van der Waals surface area (Å²) in [6, 6.07) is -0.673. The quantitative estimate of drug-likeness (QED) is 0.764. The molecule has 120 valence electrons. The SMILES string of the molecule is CCOC(=O)C(C)NC(=O)C1CCN(C(=O)N(C)C)CC1. The summed E-state index contributed by atoms with van der Waals surface area (Å²) in [6.07, 6.45) is 1.22.